The molecule has 2 nitrogen and oxygen atoms in total. The molecule has 1 rings (SSSR count). The van der Waals surface area contributed by atoms with Crippen molar-refractivity contribution in [3.8, 4) is 0 Å². The van der Waals surface area contributed by atoms with Crippen LogP contribution in [-0.2, 0) is 0 Å². The van der Waals surface area contributed by atoms with Crippen LogP contribution < -0.4 is 5.32 Å². The summed E-state index contributed by atoms with van der Waals surface area (Å²) in [6.07, 6.45) is 1.66. The predicted molar refractivity (Wildman–Crippen MR) is 59.6 cm³/mol. The molecule has 0 aliphatic heterocycles. The van der Waals surface area contributed by atoms with Crippen LogP contribution in [0.15, 0.2) is 24.1 Å². The van der Waals surface area contributed by atoms with E-state index in [1.54, 1.807) is 17.4 Å². The van der Waals surface area contributed by atoms with E-state index in [-0.39, 0.29) is 5.91 Å². The average Bonchev–Trinajstić information content (AvgIpc) is 2.47. The second-order valence-electron chi connectivity index (χ2n) is 2.14. The molecule has 0 aliphatic rings. The van der Waals surface area contributed by atoms with E-state index in [4.69, 9.17) is 0 Å². The smallest absolute Gasteiger partial charge is 0.252 e. The summed E-state index contributed by atoms with van der Waals surface area (Å²) in [6, 6.07) is 1.86. The van der Waals surface area contributed by atoms with Gasteiger partial charge < -0.3 is 5.32 Å². The van der Waals surface area contributed by atoms with E-state index < -0.39 is 0 Å². The molecule has 0 spiro atoms. The van der Waals surface area contributed by atoms with Gasteiger partial charge >= 0.3 is 0 Å². The Morgan fingerprint density at radius 2 is 2.58 bits per heavy atom. The summed E-state index contributed by atoms with van der Waals surface area (Å²) in [5.74, 6) is -0.0333. The van der Waals surface area contributed by atoms with Crippen molar-refractivity contribution in [2.45, 2.75) is 0 Å². The van der Waals surface area contributed by atoms with E-state index in [9.17, 15) is 4.79 Å². The lowest BCUT2D eigenvalue weighted by Crippen LogP contribution is -2.22. The van der Waals surface area contributed by atoms with E-state index in [1.807, 2.05) is 11.4 Å². The highest BCUT2D eigenvalue weighted by atomic mass is 127. The Morgan fingerprint density at radius 3 is 3.08 bits per heavy atom. The van der Waals surface area contributed by atoms with Crippen LogP contribution in [0.3, 0.4) is 0 Å². The molecule has 12 heavy (non-hydrogen) atoms. The summed E-state index contributed by atoms with van der Waals surface area (Å²) in [5.41, 5.74) is 0.728. The fourth-order valence-corrected chi connectivity index (χ4v) is 2.02. The van der Waals surface area contributed by atoms with Crippen molar-refractivity contribution in [2.75, 3.05) is 6.54 Å². The summed E-state index contributed by atoms with van der Waals surface area (Å²) >= 11 is 3.76. The third-order valence-corrected chi connectivity index (χ3v) is 3.03. The lowest BCUT2D eigenvalue weighted by atomic mass is 10.3. The first-order valence-corrected chi connectivity index (χ1v) is 5.33. The zero-order valence-corrected chi connectivity index (χ0v) is 9.31. The lowest BCUT2D eigenvalue weighted by Gasteiger charge is -1.97. The summed E-state index contributed by atoms with van der Waals surface area (Å²) < 4.78 is 1.12. The van der Waals surface area contributed by atoms with Crippen molar-refractivity contribution in [3.05, 3.63) is 32.5 Å². The molecule has 0 saturated carbocycles. The molecule has 0 atom stereocenters. The SMILES string of the molecule is C=CCNC(=O)c1csc(I)c1. The van der Waals surface area contributed by atoms with Gasteiger partial charge in [0, 0.05) is 11.9 Å². The highest BCUT2D eigenvalue weighted by Crippen LogP contribution is 2.16. The first kappa shape index (κ1) is 9.73. The molecule has 1 N–H and O–H groups in total. The minimum atomic E-state index is -0.0333. The molecule has 0 fully saturated rings. The molecule has 1 aromatic heterocycles. The molecule has 64 valence electrons. The monoisotopic (exact) mass is 293 g/mol. The van der Waals surface area contributed by atoms with Gasteiger partial charge in [-0.15, -0.1) is 17.9 Å². The predicted octanol–water partition coefficient (Wildman–Crippen LogP) is 2.27. The third kappa shape index (κ3) is 2.60. The normalized spacial score (nSPS) is 9.42. The second-order valence-corrected chi connectivity index (χ2v) is 4.94. The maximum Gasteiger partial charge on any atom is 0.252 e. The van der Waals surface area contributed by atoms with Gasteiger partial charge in [0.2, 0.25) is 0 Å². The second kappa shape index (κ2) is 4.61. The van der Waals surface area contributed by atoms with E-state index >= 15 is 0 Å². The minimum Gasteiger partial charge on any atom is -0.349 e. The summed E-state index contributed by atoms with van der Waals surface area (Å²) in [4.78, 5) is 11.3. The Kier molecular flexibility index (Phi) is 3.74. The van der Waals surface area contributed by atoms with E-state index in [1.165, 1.54) is 0 Å². The van der Waals surface area contributed by atoms with Crippen LogP contribution in [0.2, 0.25) is 0 Å². The molecule has 0 aliphatic carbocycles. The highest BCUT2D eigenvalue weighted by Gasteiger charge is 2.05. The van der Waals surface area contributed by atoms with Crippen molar-refractivity contribution in [1.82, 2.24) is 5.32 Å². The molecular formula is C8H8INOS. The Hall–Kier alpha value is -0.360. The Morgan fingerprint density at radius 1 is 1.83 bits per heavy atom. The van der Waals surface area contributed by atoms with Gasteiger partial charge in [0.05, 0.1) is 8.45 Å². The maximum absolute atomic E-state index is 11.3. The highest BCUT2D eigenvalue weighted by molar-refractivity contribution is 14.1. The Bertz CT molecular complexity index is 295. The molecule has 0 radical (unpaired) electrons. The molecule has 0 bridgehead atoms. The van der Waals surface area contributed by atoms with Crippen molar-refractivity contribution in [3.63, 3.8) is 0 Å². The van der Waals surface area contributed by atoms with Gasteiger partial charge in [-0.2, -0.15) is 0 Å². The van der Waals surface area contributed by atoms with Gasteiger partial charge in [0.1, 0.15) is 0 Å². The molecule has 4 heteroatoms. The van der Waals surface area contributed by atoms with Gasteiger partial charge in [-0.1, -0.05) is 6.08 Å². The first-order chi connectivity index (χ1) is 5.74. The third-order valence-electron chi connectivity index (χ3n) is 1.24. The summed E-state index contributed by atoms with van der Waals surface area (Å²) in [5, 5.41) is 4.56. The van der Waals surface area contributed by atoms with E-state index in [0.717, 1.165) is 8.45 Å². The first-order valence-electron chi connectivity index (χ1n) is 3.37. The molecule has 1 amide bonds. The van der Waals surface area contributed by atoms with Crippen LogP contribution in [0.25, 0.3) is 0 Å². The van der Waals surface area contributed by atoms with Crippen LogP contribution in [0.4, 0.5) is 0 Å². The zero-order chi connectivity index (χ0) is 8.97. The maximum atomic E-state index is 11.3. The number of thiophene rings is 1. The minimum absolute atomic E-state index is 0.0333. The summed E-state index contributed by atoms with van der Waals surface area (Å²) in [7, 11) is 0. The van der Waals surface area contributed by atoms with Crippen LogP contribution >= 0.6 is 33.9 Å². The Balaban J connectivity index is 2.59. The van der Waals surface area contributed by atoms with Crippen molar-refractivity contribution >= 4 is 39.8 Å². The Labute approximate surface area is 88.8 Å². The van der Waals surface area contributed by atoms with Gasteiger partial charge in [-0.25, -0.2) is 0 Å². The van der Waals surface area contributed by atoms with E-state index in [0.29, 0.717) is 6.54 Å². The van der Waals surface area contributed by atoms with Crippen LogP contribution in [0.1, 0.15) is 10.4 Å². The van der Waals surface area contributed by atoms with Crippen molar-refractivity contribution in [1.29, 1.82) is 0 Å². The van der Waals surface area contributed by atoms with Gasteiger partial charge in [-0.3, -0.25) is 4.79 Å². The molecule has 1 heterocycles. The van der Waals surface area contributed by atoms with Gasteiger partial charge in [0.15, 0.2) is 0 Å². The topological polar surface area (TPSA) is 29.1 Å². The molecule has 0 unspecified atom stereocenters. The number of hydrogen-bond donors (Lipinski definition) is 1. The fraction of sp³-hybridized carbons (Fsp3) is 0.125. The number of carbonyl (C=O) groups is 1. The molecule has 0 aromatic carbocycles. The van der Waals surface area contributed by atoms with Crippen LogP contribution in [0, 0.1) is 2.88 Å². The summed E-state index contributed by atoms with van der Waals surface area (Å²) in [6.45, 7) is 4.04. The van der Waals surface area contributed by atoms with E-state index in [2.05, 4.69) is 34.5 Å². The quantitative estimate of drug-likeness (QED) is 0.672. The number of hydrogen-bond acceptors (Lipinski definition) is 2. The number of rotatable bonds is 3. The number of halogens is 1. The number of amides is 1. The van der Waals surface area contributed by atoms with Crippen LogP contribution in [0.5, 0.6) is 0 Å². The molecular weight excluding hydrogens is 285 g/mol. The van der Waals surface area contributed by atoms with Gasteiger partial charge in [0.25, 0.3) is 5.91 Å². The number of nitrogens with one attached hydrogen (secondary N) is 1. The standard InChI is InChI=1S/C8H8INOS/c1-2-3-10-8(11)6-4-7(9)12-5-6/h2,4-5H,1,3H2,(H,10,11). The van der Waals surface area contributed by atoms with Crippen LogP contribution in [-0.4, -0.2) is 12.5 Å². The van der Waals surface area contributed by atoms with Crippen molar-refractivity contribution < 1.29 is 4.79 Å². The fourth-order valence-electron chi connectivity index (χ4n) is 0.696. The molecule has 1 aromatic rings. The molecule has 0 saturated heterocycles. The largest absolute Gasteiger partial charge is 0.349 e. The van der Waals surface area contributed by atoms with Crippen molar-refractivity contribution in [2.24, 2.45) is 0 Å². The lowest BCUT2D eigenvalue weighted by molar-refractivity contribution is 0.0958. The van der Waals surface area contributed by atoms with Gasteiger partial charge in [-0.05, 0) is 28.7 Å². The number of carbonyl (C=O) groups excluding carboxylic acids is 1. The zero-order valence-electron chi connectivity index (χ0n) is 6.34. The average molecular weight is 293 g/mol.